The van der Waals surface area contributed by atoms with Crippen molar-refractivity contribution in [1.29, 1.82) is 0 Å². The maximum atomic E-state index is 9.34. The fourth-order valence-corrected chi connectivity index (χ4v) is 1.43. The number of aliphatic hydroxyl groups excluding tert-OH is 1. The standard InChI is InChI=1S/C10H21ClO2/c1-2-13-9-5-3-4-6-10(12)7-8-11/h10,12H,2-9H2,1H3/t10-/m0/s1. The van der Waals surface area contributed by atoms with Crippen molar-refractivity contribution in [3.05, 3.63) is 0 Å². The zero-order valence-electron chi connectivity index (χ0n) is 8.47. The first-order valence-electron chi connectivity index (χ1n) is 5.13. The maximum absolute atomic E-state index is 9.34. The molecule has 2 nitrogen and oxygen atoms in total. The third kappa shape index (κ3) is 10.1. The molecule has 13 heavy (non-hydrogen) atoms. The van der Waals surface area contributed by atoms with Gasteiger partial charge >= 0.3 is 0 Å². The van der Waals surface area contributed by atoms with Gasteiger partial charge in [-0.05, 0) is 26.2 Å². The number of ether oxygens (including phenoxy) is 1. The van der Waals surface area contributed by atoms with E-state index in [4.69, 9.17) is 16.3 Å². The van der Waals surface area contributed by atoms with Crippen molar-refractivity contribution in [2.24, 2.45) is 0 Å². The van der Waals surface area contributed by atoms with E-state index in [9.17, 15) is 5.11 Å². The zero-order valence-corrected chi connectivity index (χ0v) is 9.22. The molecule has 3 heteroatoms. The van der Waals surface area contributed by atoms with E-state index in [0.717, 1.165) is 38.9 Å². The second-order valence-corrected chi connectivity index (χ2v) is 3.56. The van der Waals surface area contributed by atoms with Crippen LogP contribution in [0.4, 0.5) is 0 Å². The van der Waals surface area contributed by atoms with Gasteiger partial charge < -0.3 is 9.84 Å². The molecule has 0 aromatic rings. The Morgan fingerprint density at radius 2 is 2.00 bits per heavy atom. The summed E-state index contributed by atoms with van der Waals surface area (Å²) in [6.07, 6.45) is 4.70. The SMILES string of the molecule is CCOCCCCC[C@H](O)CCCl. The molecule has 0 fully saturated rings. The smallest absolute Gasteiger partial charge is 0.0551 e. The van der Waals surface area contributed by atoms with Gasteiger partial charge in [0.15, 0.2) is 0 Å². The lowest BCUT2D eigenvalue weighted by molar-refractivity contribution is 0.136. The number of aliphatic hydroxyl groups is 1. The minimum absolute atomic E-state index is 0.204. The summed E-state index contributed by atoms with van der Waals surface area (Å²) in [6, 6.07) is 0. The van der Waals surface area contributed by atoms with Crippen LogP contribution in [0.3, 0.4) is 0 Å². The molecule has 0 aromatic heterocycles. The lowest BCUT2D eigenvalue weighted by atomic mass is 10.1. The highest BCUT2D eigenvalue weighted by molar-refractivity contribution is 6.17. The Labute approximate surface area is 86.2 Å². The van der Waals surface area contributed by atoms with E-state index < -0.39 is 0 Å². The quantitative estimate of drug-likeness (QED) is 0.466. The number of alkyl halides is 1. The van der Waals surface area contributed by atoms with E-state index in [2.05, 4.69) is 0 Å². The van der Waals surface area contributed by atoms with E-state index >= 15 is 0 Å². The van der Waals surface area contributed by atoms with Crippen molar-refractivity contribution in [1.82, 2.24) is 0 Å². The van der Waals surface area contributed by atoms with Gasteiger partial charge in [-0.1, -0.05) is 12.8 Å². The lowest BCUT2D eigenvalue weighted by Gasteiger charge is -2.07. The van der Waals surface area contributed by atoms with Crippen molar-refractivity contribution in [2.45, 2.75) is 45.1 Å². The van der Waals surface area contributed by atoms with Crippen molar-refractivity contribution in [3.63, 3.8) is 0 Å². The molecule has 0 saturated heterocycles. The molecule has 1 atom stereocenters. The Bertz CT molecular complexity index is 98.9. The molecule has 0 rings (SSSR count). The van der Waals surface area contributed by atoms with Crippen molar-refractivity contribution in [2.75, 3.05) is 19.1 Å². The van der Waals surface area contributed by atoms with Crippen LogP contribution in [0.5, 0.6) is 0 Å². The molecule has 0 unspecified atom stereocenters. The second-order valence-electron chi connectivity index (χ2n) is 3.18. The molecular weight excluding hydrogens is 188 g/mol. The summed E-state index contributed by atoms with van der Waals surface area (Å²) in [5.41, 5.74) is 0. The maximum Gasteiger partial charge on any atom is 0.0551 e. The highest BCUT2D eigenvalue weighted by Gasteiger charge is 2.01. The average molecular weight is 209 g/mol. The Kier molecular flexibility index (Phi) is 10.5. The Morgan fingerprint density at radius 1 is 1.23 bits per heavy atom. The van der Waals surface area contributed by atoms with Crippen molar-refractivity contribution >= 4 is 11.6 Å². The molecule has 0 bridgehead atoms. The fourth-order valence-electron chi connectivity index (χ4n) is 1.18. The largest absolute Gasteiger partial charge is 0.393 e. The molecule has 0 saturated carbocycles. The first-order chi connectivity index (χ1) is 6.31. The molecule has 80 valence electrons. The highest BCUT2D eigenvalue weighted by atomic mass is 35.5. The van der Waals surface area contributed by atoms with E-state index in [1.165, 1.54) is 0 Å². The zero-order chi connectivity index (χ0) is 9.94. The van der Waals surface area contributed by atoms with Crippen LogP contribution in [0.1, 0.15) is 39.0 Å². The van der Waals surface area contributed by atoms with Gasteiger partial charge in [0.1, 0.15) is 0 Å². The molecule has 0 aliphatic carbocycles. The topological polar surface area (TPSA) is 29.5 Å². The Hall–Kier alpha value is 0.210. The number of hydrogen-bond acceptors (Lipinski definition) is 2. The van der Waals surface area contributed by atoms with E-state index in [-0.39, 0.29) is 6.10 Å². The van der Waals surface area contributed by atoms with Crippen LogP contribution in [0.15, 0.2) is 0 Å². The monoisotopic (exact) mass is 208 g/mol. The highest BCUT2D eigenvalue weighted by Crippen LogP contribution is 2.07. The normalized spacial score (nSPS) is 13.2. The third-order valence-corrected chi connectivity index (χ3v) is 2.19. The molecular formula is C10H21ClO2. The van der Waals surface area contributed by atoms with Gasteiger partial charge in [0, 0.05) is 19.1 Å². The van der Waals surface area contributed by atoms with Gasteiger partial charge in [-0.25, -0.2) is 0 Å². The number of hydrogen-bond donors (Lipinski definition) is 1. The Balaban J connectivity index is 2.97. The average Bonchev–Trinajstić information content (AvgIpc) is 2.11. The van der Waals surface area contributed by atoms with Crippen molar-refractivity contribution < 1.29 is 9.84 Å². The predicted octanol–water partition coefficient (Wildman–Crippen LogP) is 2.57. The molecule has 0 aliphatic heterocycles. The van der Waals surface area contributed by atoms with Crippen molar-refractivity contribution in [3.8, 4) is 0 Å². The predicted molar refractivity (Wildman–Crippen MR) is 56.3 cm³/mol. The molecule has 1 N–H and O–H groups in total. The second kappa shape index (κ2) is 10.3. The number of rotatable bonds is 9. The number of unbranched alkanes of at least 4 members (excludes halogenated alkanes) is 2. The summed E-state index contributed by atoms with van der Waals surface area (Å²) >= 11 is 5.50. The van der Waals surface area contributed by atoms with Crippen LogP contribution < -0.4 is 0 Å². The lowest BCUT2D eigenvalue weighted by Crippen LogP contribution is -2.06. The molecule has 0 radical (unpaired) electrons. The molecule has 0 aliphatic rings. The molecule has 0 heterocycles. The van der Waals surface area contributed by atoms with E-state index in [1.54, 1.807) is 0 Å². The number of halogens is 1. The molecule has 0 amide bonds. The van der Waals surface area contributed by atoms with Crippen LogP contribution in [0, 0.1) is 0 Å². The summed E-state index contributed by atoms with van der Waals surface area (Å²) in [5, 5.41) is 9.34. The summed E-state index contributed by atoms with van der Waals surface area (Å²) in [5.74, 6) is 0.556. The van der Waals surface area contributed by atoms with E-state index in [0.29, 0.717) is 12.3 Å². The first kappa shape index (κ1) is 13.2. The Morgan fingerprint density at radius 3 is 2.62 bits per heavy atom. The van der Waals surface area contributed by atoms with Crippen LogP contribution in [0.2, 0.25) is 0 Å². The third-order valence-electron chi connectivity index (χ3n) is 1.97. The summed E-state index contributed by atoms with van der Waals surface area (Å²) in [4.78, 5) is 0. The minimum Gasteiger partial charge on any atom is -0.393 e. The van der Waals surface area contributed by atoms with Gasteiger partial charge in [0.25, 0.3) is 0 Å². The van der Waals surface area contributed by atoms with Gasteiger partial charge in [-0.15, -0.1) is 11.6 Å². The van der Waals surface area contributed by atoms with Gasteiger partial charge in [-0.3, -0.25) is 0 Å². The van der Waals surface area contributed by atoms with E-state index in [1.807, 2.05) is 6.92 Å². The van der Waals surface area contributed by atoms with Crippen LogP contribution >= 0.6 is 11.6 Å². The minimum atomic E-state index is -0.204. The van der Waals surface area contributed by atoms with Crippen LogP contribution in [0.25, 0.3) is 0 Å². The van der Waals surface area contributed by atoms with Gasteiger partial charge in [0.05, 0.1) is 6.10 Å². The first-order valence-corrected chi connectivity index (χ1v) is 5.66. The van der Waals surface area contributed by atoms with Crippen LogP contribution in [-0.2, 0) is 4.74 Å². The van der Waals surface area contributed by atoms with Gasteiger partial charge in [-0.2, -0.15) is 0 Å². The summed E-state index contributed by atoms with van der Waals surface area (Å²) < 4.78 is 5.20. The van der Waals surface area contributed by atoms with Gasteiger partial charge in [0.2, 0.25) is 0 Å². The summed E-state index contributed by atoms with van der Waals surface area (Å²) in [7, 11) is 0. The molecule has 0 spiro atoms. The molecule has 0 aromatic carbocycles. The van der Waals surface area contributed by atoms with Crippen LogP contribution in [-0.4, -0.2) is 30.3 Å². The summed E-state index contributed by atoms with van der Waals surface area (Å²) in [6.45, 7) is 3.65. The fraction of sp³-hybridized carbons (Fsp3) is 1.00.